The highest BCUT2D eigenvalue weighted by atomic mass is 16.6. The summed E-state index contributed by atoms with van der Waals surface area (Å²) < 4.78 is 7.71. The van der Waals surface area contributed by atoms with E-state index in [0.717, 1.165) is 33.7 Å². The number of carbonyl (C=O) groups excluding carboxylic acids is 7. The van der Waals surface area contributed by atoms with E-state index in [1.165, 1.54) is 18.5 Å². The first-order valence-electron chi connectivity index (χ1n) is 25.1. The minimum Gasteiger partial charge on any atom is -0.445 e. The number of primary amides is 1. The lowest BCUT2D eigenvalue weighted by Gasteiger charge is -2.28. The molecule has 2 aromatic carbocycles. The van der Waals surface area contributed by atoms with Gasteiger partial charge in [0.2, 0.25) is 17.7 Å². The van der Waals surface area contributed by atoms with Crippen molar-refractivity contribution in [3.63, 3.8) is 0 Å². The van der Waals surface area contributed by atoms with Gasteiger partial charge < -0.3 is 36.7 Å². The zero-order valence-electron chi connectivity index (χ0n) is 42.1. The molecule has 8 amide bonds. The predicted molar refractivity (Wildman–Crippen MR) is 277 cm³/mol. The van der Waals surface area contributed by atoms with Crippen LogP contribution in [0.1, 0.15) is 93.0 Å². The Balaban J connectivity index is 0.914. The van der Waals surface area contributed by atoms with Crippen LogP contribution in [0.15, 0.2) is 104 Å². The standard InChI is InChI=1S/C54H61N13O8/c1-33(2)48(64-45(68)16-5-4-8-27-65-46(69)23-24-47(65)70)52(72)61-41(15-10-26-56-53(55)73)51(71)60-38-20-17-35(18-21-38)31-75-54(74)66(42-22-19-36-12-6-7-13-39(36)42)30-43-62-49(37-25-28-67-44(29-37)57-32-58-67)50(63-43)40-14-9-11-34(3)59-40/h6-7,9,11-14,17-18,20-21,23-25,28-29,32-33,41-42,48H,4-5,8,10,15-16,19,22,26-27,30-31H2,1-3H3,(H,60,71)(H,61,72)(H,62,63)(H,64,68)(H3,55,56,73)/t41?,42-,48+/m1/s1. The van der Waals surface area contributed by atoms with Crippen LogP contribution in [-0.4, -0.2) is 106 Å². The van der Waals surface area contributed by atoms with E-state index >= 15 is 0 Å². The molecule has 4 aromatic heterocycles. The van der Waals surface area contributed by atoms with Gasteiger partial charge in [-0.3, -0.25) is 38.8 Å². The van der Waals surface area contributed by atoms with E-state index in [0.29, 0.717) is 71.9 Å². The van der Waals surface area contributed by atoms with Crippen LogP contribution in [0.5, 0.6) is 0 Å². The average Bonchev–Trinajstić information content (AvgIpc) is 4.22. The van der Waals surface area contributed by atoms with Crippen molar-refractivity contribution < 1.29 is 38.3 Å². The molecule has 0 fully saturated rings. The summed E-state index contributed by atoms with van der Waals surface area (Å²) in [6.45, 7) is 5.90. The minimum absolute atomic E-state index is 0.0790. The Morgan fingerprint density at radius 2 is 1.68 bits per heavy atom. The van der Waals surface area contributed by atoms with Crippen molar-refractivity contribution in [1.29, 1.82) is 0 Å². The van der Waals surface area contributed by atoms with Crippen molar-refractivity contribution in [2.45, 2.75) is 103 Å². The number of benzene rings is 2. The molecule has 2 aliphatic rings. The fraction of sp³-hybridized carbons (Fsp3) is 0.352. The Morgan fingerprint density at radius 1 is 0.893 bits per heavy atom. The topological polar surface area (TPSA) is 281 Å². The van der Waals surface area contributed by atoms with Gasteiger partial charge in [-0.25, -0.2) is 24.1 Å². The largest absolute Gasteiger partial charge is 0.445 e. The van der Waals surface area contributed by atoms with E-state index in [-0.39, 0.29) is 68.8 Å². The van der Waals surface area contributed by atoms with Crippen LogP contribution in [0.25, 0.3) is 28.3 Å². The number of fused-ring (bicyclic) bond motifs is 2. The number of amides is 8. The second-order valence-electron chi connectivity index (χ2n) is 18.9. The van der Waals surface area contributed by atoms with E-state index in [1.807, 2.05) is 61.7 Å². The molecule has 21 heteroatoms. The number of unbranched alkanes of at least 4 members (excludes halogenated alkanes) is 2. The number of urea groups is 1. The van der Waals surface area contributed by atoms with E-state index < -0.39 is 36.0 Å². The number of aryl methyl sites for hydroxylation is 2. The van der Waals surface area contributed by atoms with Gasteiger partial charge in [0.15, 0.2) is 5.65 Å². The summed E-state index contributed by atoms with van der Waals surface area (Å²) in [6.07, 6.45) is 8.83. The van der Waals surface area contributed by atoms with Gasteiger partial charge in [0.1, 0.15) is 30.8 Å². The Labute approximate surface area is 433 Å². The molecule has 75 heavy (non-hydrogen) atoms. The van der Waals surface area contributed by atoms with Crippen LogP contribution in [0.2, 0.25) is 0 Å². The molecule has 7 N–H and O–H groups in total. The van der Waals surface area contributed by atoms with Gasteiger partial charge in [-0.15, -0.1) is 0 Å². The number of carbonyl (C=O) groups is 7. The normalized spacial score (nSPS) is 14.7. The number of H-pyrrole nitrogens is 1. The summed E-state index contributed by atoms with van der Waals surface area (Å²) in [7, 11) is 0. The number of hydrogen-bond donors (Lipinski definition) is 6. The molecule has 0 radical (unpaired) electrons. The van der Waals surface area contributed by atoms with Crippen molar-refractivity contribution in [3.8, 4) is 22.6 Å². The van der Waals surface area contributed by atoms with Gasteiger partial charge in [-0.05, 0) is 104 Å². The second kappa shape index (κ2) is 24.3. The molecule has 5 heterocycles. The van der Waals surface area contributed by atoms with E-state index in [1.54, 1.807) is 47.5 Å². The van der Waals surface area contributed by atoms with Crippen LogP contribution >= 0.6 is 0 Å². The zero-order valence-corrected chi connectivity index (χ0v) is 42.1. The van der Waals surface area contributed by atoms with Crippen LogP contribution in [-0.2, 0) is 48.3 Å². The number of pyridine rings is 2. The third kappa shape index (κ3) is 13.5. The number of imidazole rings is 1. The highest BCUT2D eigenvalue weighted by Crippen LogP contribution is 2.38. The summed E-state index contributed by atoms with van der Waals surface area (Å²) in [4.78, 5) is 111. The highest BCUT2D eigenvalue weighted by molar-refractivity contribution is 6.12. The van der Waals surface area contributed by atoms with E-state index in [9.17, 15) is 33.6 Å². The smallest absolute Gasteiger partial charge is 0.411 e. The van der Waals surface area contributed by atoms with Crippen LogP contribution in [0.3, 0.4) is 0 Å². The molecule has 0 saturated heterocycles. The van der Waals surface area contributed by atoms with E-state index in [4.69, 9.17) is 20.4 Å². The first-order chi connectivity index (χ1) is 36.2. The van der Waals surface area contributed by atoms with Crippen molar-refractivity contribution >= 4 is 53.0 Å². The molecule has 0 spiro atoms. The van der Waals surface area contributed by atoms with Gasteiger partial charge in [-0.1, -0.05) is 62.7 Å². The van der Waals surface area contributed by atoms with Crippen molar-refractivity contribution in [3.05, 3.63) is 132 Å². The summed E-state index contributed by atoms with van der Waals surface area (Å²) in [5.74, 6) is -1.97. The number of aromatic nitrogens is 6. The Kier molecular flexibility index (Phi) is 17.0. The number of hydrogen-bond acceptors (Lipinski definition) is 12. The zero-order chi connectivity index (χ0) is 53.0. The predicted octanol–water partition coefficient (Wildman–Crippen LogP) is 5.81. The lowest BCUT2D eigenvalue weighted by Crippen LogP contribution is -2.54. The first-order valence-corrected chi connectivity index (χ1v) is 25.1. The average molecular weight is 1020 g/mol. The summed E-state index contributed by atoms with van der Waals surface area (Å²) in [5.41, 5.74) is 12.8. The molecule has 390 valence electrons. The molecule has 6 aromatic rings. The van der Waals surface area contributed by atoms with Crippen LogP contribution in [0, 0.1) is 12.8 Å². The maximum Gasteiger partial charge on any atom is 0.411 e. The Morgan fingerprint density at radius 3 is 2.44 bits per heavy atom. The van der Waals surface area contributed by atoms with Crippen molar-refractivity contribution in [1.82, 2.24) is 55.3 Å². The molecule has 8 rings (SSSR count). The number of nitrogens with zero attached hydrogens (tertiary/aromatic N) is 7. The monoisotopic (exact) mass is 1020 g/mol. The number of nitrogens with two attached hydrogens (primary N) is 1. The third-order valence-electron chi connectivity index (χ3n) is 13.1. The SMILES string of the molecule is Cc1cccc(-c2[nH]c(CN(C(=O)OCc3ccc(NC(=O)C(CCCNC(N)=O)NC(=O)[C@@H](NC(=O)CCCCCN4C(=O)C=CC4=O)C(C)C)cc3)[C@@H]3CCc4ccccc43)nc2-c2ccn3ncnc3c2)n1. The highest BCUT2D eigenvalue weighted by Gasteiger charge is 2.34. The molecular formula is C54H61N13O8. The molecule has 21 nitrogen and oxygen atoms in total. The Bertz CT molecular complexity index is 3080. The van der Waals surface area contributed by atoms with Gasteiger partial charge in [-0.2, -0.15) is 5.10 Å². The van der Waals surface area contributed by atoms with Gasteiger partial charge in [0.25, 0.3) is 11.8 Å². The maximum atomic E-state index is 14.4. The lowest BCUT2D eigenvalue weighted by atomic mass is 10.0. The molecule has 1 aliphatic heterocycles. The lowest BCUT2D eigenvalue weighted by molar-refractivity contribution is -0.137. The van der Waals surface area contributed by atoms with Crippen molar-refractivity contribution in [2.24, 2.45) is 11.7 Å². The molecule has 3 atom stereocenters. The van der Waals surface area contributed by atoms with Crippen LogP contribution in [0.4, 0.5) is 15.3 Å². The minimum atomic E-state index is -1.06. The summed E-state index contributed by atoms with van der Waals surface area (Å²) >= 11 is 0. The number of imide groups is 1. The molecule has 0 saturated carbocycles. The quantitative estimate of drug-likeness (QED) is 0.0328. The van der Waals surface area contributed by atoms with E-state index in [2.05, 4.69) is 42.4 Å². The van der Waals surface area contributed by atoms with Crippen LogP contribution < -0.4 is 27.0 Å². The van der Waals surface area contributed by atoms with Gasteiger partial charge in [0.05, 0.1) is 29.7 Å². The second-order valence-corrected chi connectivity index (χ2v) is 18.9. The van der Waals surface area contributed by atoms with Gasteiger partial charge in [0, 0.05) is 54.8 Å². The number of nitrogens with one attached hydrogen (secondary N) is 5. The number of ether oxygens (including phenoxy) is 1. The fourth-order valence-electron chi connectivity index (χ4n) is 9.21. The third-order valence-corrected chi connectivity index (χ3v) is 13.1. The number of rotatable bonds is 23. The number of anilines is 1. The summed E-state index contributed by atoms with van der Waals surface area (Å²) in [6, 6.07) is 21.4. The molecular weight excluding hydrogens is 959 g/mol. The molecule has 0 bridgehead atoms. The number of aromatic amines is 1. The van der Waals surface area contributed by atoms with Crippen molar-refractivity contribution in [2.75, 3.05) is 18.4 Å². The molecule has 1 unspecified atom stereocenters. The maximum absolute atomic E-state index is 14.4. The Hall–Kier alpha value is -8.75. The first kappa shape index (κ1) is 52.6. The van der Waals surface area contributed by atoms with Gasteiger partial charge >= 0.3 is 12.1 Å². The fourth-order valence-corrected chi connectivity index (χ4v) is 9.21. The molecule has 1 aliphatic carbocycles. The summed E-state index contributed by atoms with van der Waals surface area (Å²) in [5, 5.41) is 15.2.